The molecule has 1 N–H and O–H groups in total. The highest BCUT2D eigenvalue weighted by Crippen LogP contribution is 2.36. The van der Waals surface area contributed by atoms with Crippen LogP contribution in [0.2, 0.25) is 5.02 Å². The summed E-state index contributed by atoms with van der Waals surface area (Å²) in [4.78, 5) is 25.3. The molecule has 5 nitrogen and oxygen atoms in total. The first-order valence-electron chi connectivity index (χ1n) is 9.33. The number of halogens is 4. The van der Waals surface area contributed by atoms with E-state index in [0.29, 0.717) is 29.4 Å². The van der Waals surface area contributed by atoms with Crippen LogP contribution in [-0.2, 0) is 30.4 Å². The number of rotatable bonds is 5. The van der Waals surface area contributed by atoms with Gasteiger partial charge in [-0.1, -0.05) is 36.7 Å². The Morgan fingerprint density at radius 2 is 1.93 bits per heavy atom. The Labute approximate surface area is 175 Å². The molecule has 1 aromatic heterocycles. The van der Waals surface area contributed by atoms with Gasteiger partial charge in [0.1, 0.15) is 0 Å². The zero-order valence-electron chi connectivity index (χ0n) is 16.3. The maximum absolute atomic E-state index is 13.0. The molecule has 0 spiro atoms. The number of carbonyl (C=O) groups excluding carboxylic acids is 1. The third-order valence-electron chi connectivity index (χ3n) is 4.72. The Bertz CT molecular complexity index is 1170. The van der Waals surface area contributed by atoms with Gasteiger partial charge < -0.3 is 5.32 Å². The number of alkyl halides is 3. The van der Waals surface area contributed by atoms with Crippen molar-refractivity contribution in [3.05, 3.63) is 68.6 Å². The number of aromatic nitrogens is 2. The highest BCUT2D eigenvalue weighted by atomic mass is 35.5. The molecular formula is C21H19ClF3N3O2. The first-order valence-corrected chi connectivity index (χ1v) is 9.71. The van der Waals surface area contributed by atoms with E-state index in [4.69, 9.17) is 11.6 Å². The fourth-order valence-corrected chi connectivity index (χ4v) is 3.51. The Balaban J connectivity index is 1.96. The lowest BCUT2D eigenvalue weighted by Gasteiger charge is -2.13. The van der Waals surface area contributed by atoms with E-state index in [1.54, 1.807) is 19.1 Å². The van der Waals surface area contributed by atoms with Gasteiger partial charge in [0, 0.05) is 17.6 Å². The molecule has 9 heteroatoms. The summed E-state index contributed by atoms with van der Waals surface area (Å²) in [5, 5.41) is 7.36. The van der Waals surface area contributed by atoms with Crippen LogP contribution in [0.25, 0.3) is 10.8 Å². The maximum atomic E-state index is 13.0. The van der Waals surface area contributed by atoms with Gasteiger partial charge in [0.15, 0.2) is 0 Å². The molecule has 0 aliphatic carbocycles. The van der Waals surface area contributed by atoms with Crippen molar-refractivity contribution >= 4 is 34.0 Å². The monoisotopic (exact) mass is 437 g/mol. The largest absolute Gasteiger partial charge is 0.417 e. The number of nitrogens with zero attached hydrogens (tertiary/aromatic N) is 2. The van der Waals surface area contributed by atoms with Crippen molar-refractivity contribution in [3.63, 3.8) is 0 Å². The lowest BCUT2D eigenvalue weighted by atomic mass is 10.0. The third-order valence-corrected chi connectivity index (χ3v) is 5.04. The van der Waals surface area contributed by atoms with Crippen LogP contribution >= 0.6 is 11.6 Å². The summed E-state index contributed by atoms with van der Waals surface area (Å²) in [6.45, 7) is 4.02. The highest BCUT2D eigenvalue weighted by Gasteiger charge is 2.33. The SMILES string of the molecule is CCc1cccc2c(CC(=O)Nc3ccc(Cl)c(C(F)(F)F)c3)nn(CC)c(=O)c12. The van der Waals surface area contributed by atoms with E-state index in [0.717, 1.165) is 17.7 Å². The molecule has 0 aliphatic heterocycles. The molecule has 0 fully saturated rings. The average molecular weight is 438 g/mol. The minimum atomic E-state index is -4.64. The zero-order chi connectivity index (χ0) is 22.1. The molecule has 158 valence electrons. The summed E-state index contributed by atoms with van der Waals surface area (Å²) in [7, 11) is 0. The van der Waals surface area contributed by atoms with E-state index in [1.807, 2.05) is 13.0 Å². The normalized spacial score (nSPS) is 11.7. The predicted molar refractivity (Wildman–Crippen MR) is 110 cm³/mol. The van der Waals surface area contributed by atoms with Crippen LogP contribution in [0.1, 0.15) is 30.7 Å². The molecule has 3 aromatic rings. The number of fused-ring (bicyclic) bond motifs is 1. The molecule has 0 bridgehead atoms. The summed E-state index contributed by atoms with van der Waals surface area (Å²) in [6.07, 6.45) is -4.20. The maximum Gasteiger partial charge on any atom is 0.417 e. The van der Waals surface area contributed by atoms with Crippen LogP contribution in [0.4, 0.5) is 18.9 Å². The Hall–Kier alpha value is -2.87. The molecular weight excluding hydrogens is 419 g/mol. The number of hydrogen-bond acceptors (Lipinski definition) is 3. The van der Waals surface area contributed by atoms with Gasteiger partial charge in [0.2, 0.25) is 5.91 Å². The molecule has 0 atom stereocenters. The lowest BCUT2D eigenvalue weighted by molar-refractivity contribution is -0.137. The molecule has 0 saturated heterocycles. The molecule has 1 heterocycles. The van der Waals surface area contributed by atoms with Crippen molar-refractivity contribution in [2.45, 2.75) is 39.4 Å². The van der Waals surface area contributed by atoms with E-state index >= 15 is 0 Å². The summed E-state index contributed by atoms with van der Waals surface area (Å²) in [6, 6.07) is 8.51. The van der Waals surface area contributed by atoms with Gasteiger partial charge in [-0.05, 0) is 37.1 Å². The van der Waals surface area contributed by atoms with E-state index in [-0.39, 0.29) is 17.7 Å². The van der Waals surface area contributed by atoms with E-state index < -0.39 is 22.7 Å². The molecule has 2 aromatic carbocycles. The van der Waals surface area contributed by atoms with Crippen LogP contribution in [0.3, 0.4) is 0 Å². The van der Waals surface area contributed by atoms with Crippen molar-refractivity contribution in [2.75, 3.05) is 5.32 Å². The summed E-state index contributed by atoms with van der Waals surface area (Å²) in [5.41, 5.74) is -0.0704. The van der Waals surface area contributed by atoms with Gasteiger partial charge in [-0.3, -0.25) is 9.59 Å². The standard InChI is InChI=1S/C21H19ClF3N3O2/c1-3-12-6-5-7-14-17(27-28(4-2)20(30)19(12)14)11-18(29)26-13-8-9-16(22)15(10-13)21(23,24)25/h5-10H,3-4,11H2,1-2H3,(H,26,29). The topological polar surface area (TPSA) is 64.0 Å². The molecule has 3 rings (SSSR count). The van der Waals surface area contributed by atoms with E-state index in [1.165, 1.54) is 10.7 Å². The molecule has 30 heavy (non-hydrogen) atoms. The number of anilines is 1. The Kier molecular flexibility index (Phi) is 6.17. The van der Waals surface area contributed by atoms with Crippen LogP contribution in [-0.4, -0.2) is 15.7 Å². The summed E-state index contributed by atoms with van der Waals surface area (Å²) >= 11 is 5.61. The second kappa shape index (κ2) is 8.47. The van der Waals surface area contributed by atoms with E-state index in [9.17, 15) is 22.8 Å². The van der Waals surface area contributed by atoms with Gasteiger partial charge in [0.25, 0.3) is 5.56 Å². The summed E-state index contributed by atoms with van der Waals surface area (Å²) in [5.74, 6) is -0.553. The van der Waals surface area contributed by atoms with Crippen molar-refractivity contribution in [1.82, 2.24) is 9.78 Å². The van der Waals surface area contributed by atoms with Crippen molar-refractivity contribution in [1.29, 1.82) is 0 Å². The first-order chi connectivity index (χ1) is 14.2. The first kappa shape index (κ1) is 21.8. The third kappa shape index (κ3) is 4.33. The predicted octanol–water partition coefficient (Wildman–Crippen LogP) is 4.83. The number of amides is 1. The number of aryl methyl sites for hydroxylation is 2. The molecule has 1 amide bonds. The fourth-order valence-electron chi connectivity index (χ4n) is 3.28. The minimum absolute atomic E-state index is 0.0286. The van der Waals surface area contributed by atoms with Gasteiger partial charge in [0.05, 0.1) is 28.1 Å². The van der Waals surface area contributed by atoms with E-state index in [2.05, 4.69) is 10.4 Å². The number of hydrogen-bond donors (Lipinski definition) is 1. The van der Waals surface area contributed by atoms with Crippen LogP contribution in [0, 0.1) is 0 Å². The fraction of sp³-hybridized carbons (Fsp3) is 0.286. The Morgan fingerprint density at radius 1 is 1.20 bits per heavy atom. The minimum Gasteiger partial charge on any atom is -0.326 e. The number of nitrogens with one attached hydrogen (secondary N) is 1. The van der Waals surface area contributed by atoms with Gasteiger partial charge >= 0.3 is 6.18 Å². The summed E-state index contributed by atoms with van der Waals surface area (Å²) < 4.78 is 40.4. The molecule has 0 unspecified atom stereocenters. The molecule has 0 saturated carbocycles. The van der Waals surface area contributed by atoms with Crippen LogP contribution < -0.4 is 10.9 Å². The number of carbonyl (C=O) groups is 1. The van der Waals surface area contributed by atoms with Crippen LogP contribution in [0.15, 0.2) is 41.2 Å². The Morgan fingerprint density at radius 3 is 2.57 bits per heavy atom. The van der Waals surface area contributed by atoms with Gasteiger partial charge in [-0.15, -0.1) is 0 Å². The number of benzene rings is 2. The van der Waals surface area contributed by atoms with Crippen LogP contribution in [0.5, 0.6) is 0 Å². The lowest BCUT2D eigenvalue weighted by Crippen LogP contribution is -2.26. The average Bonchev–Trinajstić information content (AvgIpc) is 2.70. The smallest absolute Gasteiger partial charge is 0.326 e. The van der Waals surface area contributed by atoms with Crippen molar-refractivity contribution in [3.8, 4) is 0 Å². The van der Waals surface area contributed by atoms with Crippen molar-refractivity contribution in [2.24, 2.45) is 0 Å². The van der Waals surface area contributed by atoms with Crippen molar-refractivity contribution < 1.29 is 18.0 Å². The van der Waals surface area contributed by atoms with Gasteiger partial charge in [-0.2, -0.15) is 18.3 Å². The second-order valence-corrected chi connectivity index (χ2v) is 7.09. The highest BCUT2D eigenvalue weighted by molar-refractivity contribution is 6.31. The quantitative estimate of drug-likeness (QED) is 0.621. The zero-order valence-corrected chi connectivity index (χ0v) is 17.1. The second-order valence-electron chi connectivity index (χ2n) is 6.68. The molecule has 0 radical (unpaired) electrons. The molecule has 0 aliphatic rings. The van der Waals surface area contributed by atoms with Gasteiger partial charge in [-0.25, -0.2) is 4.68 Å².